The highest BCUT2D eigenvalue weighted by Crippen LogP contribution is 2.31. The zero-order valence-electron chi connectivity index (χ0n) is 16.6. The predicted molar refractivity (Wildman–Crippen MR) is 115 cm³/mol. The molecule has 1 aliphatic rings. The van der Waals surface area contributed by atoms with Gasteiger partial charge in [-0.1, -0.05) is 36.4 Å². The second kappa shape index (κ2) is 9.22. The Morgan fingerprint density at radius 1 is 0.967 bits per heavy atom. The maximum Gasteiger partial charge on any atom is 0.227 e. The highest BCUT2D eigenvalue weighted by molar-refractivity contribution is 5.97. The Hall–Kier alpha value is -3.67. The molecule has 3 aromatic rings. The van der Waals surface area contributed by atoms with Gasteiger partial charge in [-0.25, -0.2) is 0 Å². The highest BCUT2D eigenvalue weighted by atomic mass is 16.5. The number of hydrogen-bond donors (Lipinski definition) is 1. The van der Waals surface area contributed by atoms with Crippen LogP contribution in [0.25, 0.3) is 11.1 Å². The number of pyridine rings is 1. The van der Waals surface area contributed by atoms with E-state index in [2.05, 4.69) is 10.3 Å². The number of benzene rings is 2. The van der Waals surface area contributed by atoms with Crippen LogP contribution in [0.1, 0.15) is 18.4 Å². The van der Waals surface area contributed by atoms with Crippen LogP contribution in [0.15, 0.2) is 73.1 Å². The Morgan fingerprint density at radius 3 is 2.60 bits per heavy atom. The first-order valence-electron chi connectivity index (χ1n) is 9.99. The molecule has 4 rings (SSSR count). The van der Waals surface area contributed by atoms with E-state index in [-0.39, 0.29) is 24.7 Å². The van der Waals surface area contributed by atoms with Gasteiger partial charge < -0.3 is 15.0 Å². The Bertz CT molecular complexity index is 1040. The molecule has 2 aromatic carbocycles. The number of anilines is 1. The molecule has 2 heterocycles. The van der Waals surface area contributed by atoms with E-state index < -0.39 is 0 Å². The van der Waals surface area contributed by atoms with Crippen molar-refractivity contribution in [2.24, 2.45) is 0 Å². The molecule has 0 atom stereocenters. The summed E-state index contributed by atoms with van der Waals surface area (Å²) in [6.45, 7) is 1.36. The molecule has 1 aliphatic heterocycles. The van der Waals surface area contributed by atoms with Gasteiger partial charge in [0, 0.05) is 31.8 Å². The molecule has 1 N–H and O–H groups in total. The fourth-order valence-corrected chi connectivity index (χ4v) is 3.55. The summed E-state index contributed by atoms with van der Waals surface area (Å²) in [5, 5.41) is 2.94. The van der Waals surface area contributed by atoms with Crippen LogP contribution in [0.4, 0.5) is 5.69 Å². The molecule has 2 amide bonds. The summed E-state index contributed by atoms with van der Waals surface area (Å²) in [4.78, 5) is 30.8. The number of carbonyl (C=O) groups is 2. The first kappa shape index (κ1) is 19.6. The third kappa shape index (κ3) is 4.49. The van der Waals surface area contributed by atoms with Crippen LogP contribution >= 0.6 is 0 Å². The quantitative estimate of drug-likeness (QED) is 0.685. The summed E-state index contributed by atoms with van der Waals surface area (Å²) >= 11 is 0. The third-order valence-corrected chi connectivity index (χ3v) is 5.08. The van der Waals surface area contributed by atoms with Gasteiger partial charge >= 0.3 is 0 Å². The molecule has 0 saturated heterocycles. The molecule has 0 unspecified atom stereocenters. The van der Waals surface area contributed by atoms with Crippen LogP contribution < -0.4 is 15.0 Å². The molecule has 30 heavy (non-hydrogen) atoms. The van der Waals surface area contributed by atoms with Crippen molar-refractivity contribution in [3.63, 3.8) is 0 Å². The highest BCUT2D eigenvalue weighted by Gasteiger charge is 2.23. The maximum atomic E-state index is 12.7. The summed E-state index contributed by atoms with van der Waals surface area (Å²) in [7, 11) is 0. The van der Waals surface area contributed by atoms with Crippen molar-refractivity contribution in [2.75, 3.05) is 18.1 Å². The monoisotopic (exact) mass is 401 g/mol. The SMILES string of the molecule is O=C(CCC(=O)N1CCOc2ccccc21)NCc1ccccc1-c1ccncc1. The van der Waals surface area contributed by atoms with Gasteiger partial charge in [-0.05, 0) is 41.0 Å². The number of fused-ring (bicyclic) bond motifs is 1. The van der Waals surface area contributed by atoms with Crippen LogP contribution in [0.2, 0.25) is 0 Å². The van der Waals surface area contributed by atoms with E-state index in [1.807, 2.05) is 60.7 Å². The van der Waals surface area contributed by atoms with Crippen LogP contribution in [0.5, 0.6) is 5.75 Å². The van der Waals surface area contributed by atoms with Crippen molar-refractivity contribution in [3.8, 4) is 16.9 Å². The van der Waals surface area contributed by atoms with Gasteiger partial charge in [0.1, 0.15) is 12.4 Å². The minimum Gasteiger partial charge on any atom is -0.490 e. The Labute approximate surface area is 175 Å². The van der Waals surface area contributed by atoms with E-state index in [0.717, 1.165) is 22.4 Å². The van der Waals surface area contributed by atoms with Gasteiger partial charge in [0.25, 0.3) is 0 Å². The molecule has 6 heteroatoms. The van der Waals surface area contributed by atoms with E-state index in [1.165, 1.54) is 0 Å². The van der Waals surface area contributed by atoms with Crippen molar-refractivity contribution in [2.45, 2.75) is 19.4 Å². The normalized spacial score (nSPS) is 12.6. The van der Waals surface area contributed by atoms with Crippen molar-refractivity contribution < 1.29 is 14.3 Å². The molecule has 0 fully saturated rings. The number of hydrogen-bond acceptors (Lipinski definition) is 4. The summed E-state index contributed by atoms with van der Waals surface area (Å²) in [5.74, 6) is 0.488. The van der Waals surface area contributed by atoms with Crippen molar-refractivity contribution >= 4 is 17.5 Å². The summed E-state index contributed by atoms with van der Waals surface area (Å²) in [6, 6.07) is 19.3. The number of carbonyl (C=O) groups excluding carboxylic acids is 2. The van der Waals surface area contributed by atoms with Crippen molar-refractivity contribution in [3.05, 3.63) is 78.6 Å². The van der Waals surface area contributed by atoms with Crippen molar-refractivity contribution in [1.82, 2.24) is 10.3 Å². The zero-order valence-corrected chi connectivity index (χ0v) is 16.6. The molecule has 6 nitrogen and oxygen atoms in total. The van der Waals surface area contributed by atoms with Gasteiger partial charge in [0.15, 0.2) is 0 Å². The summed E-state index contributed by atoms with van der Waals surface area (Å²) in [5.41, 5.74) is 3.89. The molecular weight excluding hydrogens is 378 g/mol. The minimum atomic E-state index is -0.144. The first-order chi connectivity index (χ1) is 14.7. The molecule has 152 valence electrons. The van der Waals surface area contributed by atoms with E-state index in [4.69, 9.17) is 4.74 Å². The number of nitrogens with zero attached hydrogens (tertiary/aromatic N) is 2. The van der Waals surface area contributed by atoms with Gasteiger partial charge in [-0.15, -0.1) is 0 Å². The molecule has 1 aromatic heterocycles. The first-order valence-corrected chi connectivity index (χ1v) is 9.99. The third-order valence-electron chi connectivity index (χ3n) is 5.08. The lowest BCUT2D eigenvalue weighted by atomic mass is 10.0. The molecule has 0 saturated carbocycles. The van der Waals surface area contributed by atoms with E-state index in [0.29, 0.717) is 25.4 Å². The standard InChI is InChI=1S/C24H23N3O3/c28-23(9-10-24(29)27-15-16-30-22-8-4-3-7-21(22)27)26-17-19-5-1-2-6-20(19)18-11-13-25-14-12-18/h1-8,11-14H,9-10,15-17H2,(H,26,28). The van der Waals surface area contributed by atoms with Gasteiger partial charge in [-0.3, -0.25) is 14.6 Å². The lowest BCUT2D eigenvalue weighted by Crippen LogP contribution is -2.38. The predicted octanol–water partition coefficient (Wildman–Crippen LogP) is 3.57. The average Bonchev–Trinajstić information content (AvgIpc) is 2.81. The molecule has 0 bridgehead atoms. The van der Waals surface area contributed by atoms with Crippen LogP contribution in [-0.2, 0) is 16.1 Å². The fourth-order valence-electron chi connectivity index (χ4n) is 3.55. The van der Waals surface area contributed by atoms with E-state index >= 15 is 0 Å². The van der Waals surface area contributed by atoms with Gasteiger partial charge in [0.05, 0.1) is 12.2 Å². The Morgan fingerprint density at radius 2 is 1.73 bits per heavy atom. The van der Waals surface area contributed by atoms with Crippen LogP contribution in [0, 0.1) is 0 Å². The second-order valence-electron chi connectivity index (χ2n) is 7.03. The number of amides is 2. The van der Waals surface area contributed by atoms with Gasteiger partial charge in [-0.2, -0.15) is 0 Å². The number of aromatic nitrogens is 1. The summed E-state index contributed by atoms with van der Waals surface area (Å²) in [6.07, 6.45) is 3.81. The topological polar surface area (TPSA) is 71.5 Å². The number of nitrogens with one attached hydrogen (secondary N) is 1. The largest absolute Gasteiger partial charge is 0.490 e. The van der Waals surface area contributed by atoms with Gasteiger partial charge in [0.2, 0.25) is 11.8 Å². The number of ether oxygens (including phenoxy) is 1. The molecule has 0 aliphatic carbocycles. The Kier molecular flexibility index (Phi) is 6.03. The maximum absolute atomic E-state index is 12.7. The van der Waals surface area contributed by atoms with Crippen LogP contribution in [0.3, 0.4) is 0 Å². The number of rotatable bonds is 6. The fraction of sp³-hybridized carbons (Fsp3) is 0.208. The molecular formula is C24H23N3O3. The van der Waals surface area contributed by atoms with Crippen molar-refractivity contribution in [1.29, 1.82) is 0 Å². The zero-order chi connectivity index (χ0) is 20.8. The van der Waals surface area contributed by atoms with Crippen LogP contribution in [-0.4, -0.2) is 29.9 Å². The average molecular weight is 401 g/mol. The van der Waals surface area contributed by atoms with E-state index in [1.54, 1.807) is 17.3 Å². The smallest absolute Gasteiger partial charge is 0.227 e. The molecule has 0 radical (unpaired) electrons. The Balaban J connectivity index is 1.33. The summed E-state index contributed by atoms with van der Waals surface area (Å²) < 4.78 is 5.59. The lowest BCUT2D eigenvalue weighted by Gasteiger charge is -2.29. The second-order valence-corrected chi connectivity index (χ2v) is 7.03. The minimum absolute atomic E-state index is 0.0712. The lowest BCUT2D eigenvalue weighted by molar-refractivity contribution is -0.125. The van der Waals surface area contributed by atoms with E-state index in [9.17, 15) is 9.59 Å². The molecule has 0 spiro atoms. The number of para-hydroxylation sites is 2.